The molecular weight excluding hydrogens is 271 g/mol. The van der Waals surface area contributed by atoms with Gasteiger partial charge in [-0.1, -0.05) is 29.3 Å². The summed E-state index contributed by atoms with van der Waals surface area (Å²) in [7, 11) is 0. The van der Waals surface area contributed by atoms with Gasteiger partial charge in [0.15, 0.2) is 0 Å². The number of nitrogens with one attached hydrogen (secondary N) is 2. The number of benzene rings is 1. The second-order valence-corrected chi connectivity index (χ2v) is 4.20. The summed E-state index contributed by atoms with van der Waals surface area (Å²) >= 11 is 11.8. The van der Waals surface area contributed by atoms with E-state index in [0.717, 1.165) is 5.69 Å². The Kier molecular flexibility index (Phi) is 4.39. The Morgan fingerprint density at radius 1 is 1.06 bits per heavy atom. The van der Waals surface area contributed by atoms with Crippen LogP contribution >= 0.6 is 23.2 Å². The van der Waals surface area contributed by atoms with Gasteiger partial charge in [0.25, 0.3) is 0 Å². The number of anilines is 2. The van der Waals surface area contributed by atoms with E-state index >= 15 is 0 Å². The third kappa shape index (κ3) is 3.91. The molecule has 2 N–H and O–H groups in total. The Bertz CT molecular complexity index is 582. The fourth-order valence-electron chi connectivity index (χ4n) is 1.28. The zero-order valence-corrected chi connectivity index (χ0v) is 10.8. The normalized spacial score (nSPS) is 9.67. The first-order valence-electron chi connectivity index (χ1n) is 5.16. The molecule has 2 aromatic rings. The molecule has 0 aliphatic carbocycles. The average molecular weight is 281 g/mol. The van der Waals surface area contributed by atoms with Crippen LogP contribution in [0, 0.1) is 0 Å². The summed E-state index contributed by atoms with van der Waals surface area (Å²) in [5.41, 5.74) is 0.827. The summed E-state index contributed by atoms with van der Waals surface area (Å²) in [6, 6.07) is 10.6. The molecule has 0 atom stereocenters. The van der Waals surface area contributed by atoms with Crippen molar-refractivity contribution >= 4 is 34.7 Å². The van der Waals surface area contributed by atoms with Crippen molar-refractivity contribution in [1.29, 1.82) is 0 Å². The predicted octanol–water partition coefficient (Wildman–Crippen LogP) is 3.98. The van der Waals surface area contributed by atoms with Crippen LogP contribution in [0.3, 0.4) is 0 Å². The fraction of sp³-hybridized carbons (Fsp3) is 0. The average Bonchev–Trinajstić information content (AvgIpc) is 2.42. The van der Waals surface area contributed by atoms with Crippen LogP contribution in [0.5, 0.6) is 0 Å². The van der Waals surface area contributed by atoms with Crippen LogP contribution in [-0.4, -0.2) is 15.2 Å². The van der Waals surface area contributed by atoms with Gasteiger partial charge in [0, 0.05) is 29.2 Å². The first-order chi connectivity index (χ1) is 8.74. The van der Waals surface area contributed by atoms with E-state index in [9.17, 15) is 0 Å². The maximum absolute atomic E-state index is 5.92. The maximum atomic E-state index is 5.92. The van der Waals surface area contributed by atoms with Crippen molar-refractivity contribution in [2.24, 2.45) is 0 Å². The van der Waals surface area contributed by atoms with Crippen LogP contribution in [0.1, 0.15) is 0 Å². The van der Waals surface area contributed by atoms with Gasteiger partial charge in [-0.15, -0.1) is 0 Å². The molecule has 0 radical (unpaired) electrons. The molecule has 0 fully saturated rings. The molecule has 0 amide bonds. The minimum absolute atomic E-state index is 0.341. The van der Waals surface area contributed by atoms with Gasteiger partial charge < -0.3 is 5.32 Å². The summed E-state index contributed by atoms with van der Waals surface area (Å²) in [6.45, 7) is 0. The number of aromatic nitrogens is 3. The summed E-state index contributed by atoms with van der Waals surface area (Å²) in [5.74, 6) is 0.603. The van der Waals surface area contributed by atoms with E-state index in [4.69, 9.17) is 23.2 Å². The van der Waals surface area contributed by atoms with Gasteiger partial charge in [0.2, 0.25) is 0 Å². The molecule has 0 saturated carbocycles. The fourth-order valence-corrected chi connectivity index (χ4v) is 1.63. The van der Waals surface area contributed by atoms with Crippen LogP contribution in [0.25, 0.3) is 0 Å². The van der Waals surface area contributed by atoms with Crippen molar-refractivity contribution in [2.45, 2.75) is 0 Å². The van der Waals surface area contributed by atoms with Gasteiger partial charge >= 0.3 is 0 Å². The van der Waals surface area contributed by atoms with Crippen molar-refractivity contribution in [3.63, 3.8) is 0 Å². The zero-order valence-electron chi connectivity index (χ0n) is 9.27. The number of hydrogen-bond donors (Lipinski definition) is 2. The van der Waals surface area contributed by atoms with E-state index in [2.05, 4.69) is 20.5 Å². The van der Waals surface area contributed by atoms with E-state index in [1.54, 1.807) is 36.7 Å². The highest BCUT2D eigenvalue weighted by Crippen LogP contribution is 2.18. The first kappa shape index (κ1) is 12.7. The Balaban J connectivity index is 2.35. The third-order valence-corrected chi connectivity index (χ3v) is 2.44. The van der Waals surface area contributed by atoms with Gasteiger partial charge in [0.1, 0.15) is 11.0 Å². The predicted molar refractivity (Wildman–Crippen MR) is 73.8 cm³/mol. The van der Waals surface area contributed by atoms with Gasteiger partial charge in [-0.05, 0) is 24.3 Å². The SMILES string of the molecule is Clc1cccc(Nc2cc(Cl)ncccn[nH]2)c1. The van der Waals surface area contributed by atoms with Crippen LogP contribution in [0.2, 0.25) is 10.2 Å². The molecule has 0 aliphatic rings. The Morgan fingerprint density at radius 2 is 1.94 bits per heavy atom. The maximum Gasteiger partial charge on any atom is 0.132 e. The molecule has 4 nitrogen and oxygen atoms in total. The molecule has 1 aromatic heterocycles. The summed E-state index contributed by atoms with van der Waals surface area (Å²) < 4.78 is 0. The van der Waals surface area contributed by atoms with E-state index in [0.29, 0.717) is 16.0 Å². The lowest BCUT2D eigenvalue weighted by Crippen LogP contribution is -1.92. The molecular formula is C12H10Cl2N4. The lowest BCUT2D eigenvalue weighted by atomic mass is 10.3. The molecule has 18 heavy (non-hydrogen) atoms. The van der Waals surface area contributed by atoms with Gasteiger partial charge in [-0.25, -0.2) is 4.98 Å². The largest absolute Gasteiger partial charge is 0.341 e. The summed E-state index contributed by atoms with van der Waals surface area (Å²) in [5, 5.41) is 10.9. The molecule has 92 valence electrons. The lowest BCUT2D eigenvalue weighted by Gasteiger charge is -2.04. The van der Waals surface area contributed by atoms with Gasteiger partial charge in [-0.3, -0.25) is 5.10 Å². The van der Waals surface area contributed by atoms with Crippen molar-refractivity contribution < 1.29 is 0 Å². The third-order valence-electron chi connectivity index (χ3n) is 2.00. The topological polar surface area (TPSA) is 53.6 Å². The molecule has 1 heterocycles. The van der Waals surface area contributed by atoms with Crippen molar-refractivity contribution in [3.8, 4) is 0 Å². The quantitative estimate of drug-likeness (QED) is 0.875. The van der Waals surface area contributed by atoms with E-state index in [1.165, 1.54) is 0 Å². The van der Waals surface area contributed by atoms with Crippen LogP contribution in [0.15, 0.2) is 48.8 Å². The second-order valence-electron chi connectivity index (χ2n) is 3.38. The standard InChI is InChI=1S/C12H10Cl2N4/c13-9-3-1-4-10(7-9)17-12-8-11(14)15-5-2-6-16-18-12/h1-8,17-18H. The Labute approximate surface area is 114 Å². The molecule has 1 aromatic carbocycles. The minimum atomic E-state index is 0.341. The molecule has 0 spiro atoms. The molecule has 0 saturated heterocycles. The number of hydrogen-bond acceptors (Lipinski definition) is 3. The van der Waals surface area contributed by atoms with E-state index < -0.39 is 0 Å². The van der Waals surface area contributed by atoms with Gasteiger partial charge in [-0.2, -0.15) is 5.10 Å². The highest BCUT2D eigenvalue weighted by molar-refractivity contribution is 6.31. The van der Waals surface area contributed by atoms with Crippen LogP contribution in [0.4, 0.5) is 11.5 Å². The number of rotatable bonds is 2. The van der Waals surface area contributed by atoms with E-state index in [-0.39, 0.29) is 0 Å². The smallest absolute Gasteiger partial charge is 0.132 e. The Morgan fingerprint density at radius 3 is 2.78 bits per heavy atom. The molecule has 0 aliphatic heterocycles. The number of aromatic amines is 1. The number of H-pyrrole nitrogens is 1. The lowest BCUT2D eigenvalue weighted by molar-refractivity contribution is 1.05. The Hall–Kier alpha value is -1.78. The summed E-state index contributed by atoms with van der Waals surface area (Å²) in [6.07, 6.45) is 3.14. The van der Waals surface area contributed by atoms with Crippen LogP contribution < -0.4 is 5.32 Å². The monoisotopic (exact) mass is 280 g/mol. The summed E-state index contributed by atoms with van der Waals surface area (Å²) in [4.78, 5) is 3.98. The highest BCUT2D eigenvalue weighted by Gasteiger charge is 1.96. The molecule has 0 unspecified atom stereocenters. The van der Waals surface area contributed by atoms with Crippen LogP contribution in [-0.2, 0) is 0 Å². The van der Waals surface area contributed by atoms with E-state index in [1.807, 2.05) is 12.1 Å². The molecule has 6 heteroatoms. The van der Waals surface area contributed by atoms with Crippen molar-refractivity contribution in [1.82, 2.24) is 15.2 Å². The molecule has 0 bridgehead atoms. The highest BCUT2D eigenvalue weighted by atomic mass is 35.5. The first-order valence-corrected chi connectivity index (χ1v) is 5.91. The number of nitrogens with zero attached hydrogens (tertiary/aromatic N) is 2. The zero-order chi connectivity index (χ0) is 12.8. The number of halogens is 2. The molecule has 2 rings (SSSR count). The minimum Gasteiger partial charge on any atom is -0.341 e. The van der Waals surface area contributed by atoms with Gasteiger partial charge in [0.05, 0.1) is 0 Å². The van der Waals surface area contributed by atoms with Crippen molar-refractivity contribution in [3.05, 3.63) is 59.0 Å². The second kappa shape index (κ2) is 6.23. The van der Waals surface area contributed by atoms with Crippen molar-refractivity contribution in [2.75, 3.05) is 5.32 Å².